The summed E-state index contributed by atoms with van der Waals surface area (Å²) in [4.78, 5) is 0. The maximum absolute atomic E-state index is 6.12. The van der Waals surface area contributed by atoms with E-state index in [0.717, 1.165) is 0 Å². The maximum Gasteiger partial charge on any atom is 0.168 e. The van der Waals surface area contributed by atoms with E-state index in [9.17, 15) is 0 Å². The van der Waals surface area contributed by atoms with Crippen LogP contribution in [0.15, 0.2) is 18.2 Å². The van der Waals surface area contributed by atoms with Crippen LogP contribution in [-0.2, 0) is 5.88 Å². The van der Waals surface area contributed by atoms with Crippen LogP contribution in [-0.4, -0.2) is 8.11 Å². The Morgan fingerprint density at radius 2 is 2.08 bits per heavy atom. The second-order valence-electron chi connectivity index (χ2n) is 2.95. The maximum atomic E-state index is 6.12. The molecule has 0 amide bonds. The minimum atomic E-state index is -1.22. The zero-order valence-corrected chi connectivity index (χ0v) is 9.94. The molecule has 0 aliphatic rings. The predicted molar refractivity (Wildman–Crippen MR) is 59.2 cm³/mol. The van der Waals surface area contributed by atoms with Crippen LogP contribution in [0.5, 0.6) is 0 Å². The van der Waals surface area contributed by atoms with Gasteiger partial charge in [0.05, 0.1) is 0 Å². The molecule has 0 saturated carbocycles. The van der Waals surface area contributed by atoms with Crippen molar-refractivity contribution < 1.29 is 0 Å². The Morgan fingerprint density at radius 1 is 1.42 bits per heavy atom. The lowest BCUT2D eigenvalue weighted by Gasteiger charge is -2.08. The number of hydrogen-bond donors (Lipinski definition) is 0. The molecule has 1 aromatic rings. The molecule has 1 atom stereocenters. The first-order chi connectivity index (χ1) is 5.65. The van der Waals surface area contributed by atoms with Crippen LogP contribution < -0.4 is 5.19 Å². The van der Waals surface area contributed by atoms with Crippen molar-refractivity contribution in [2.45, 2.75) is 19.4 Å². The van der Waals surface area contributed by atoms with Gasteiger partial charge in [-0.05, 0) is 17.7 Å². The summed E-state index contributed by atoms with van der Waals surface area (Å²) in [5.74, 6) is 0.571. The average molecular weight is 219 g/mol. The van der Waals surface area contributed by atoms with Crippen LogP contribution in [0.4, 0.5) is 0 Å². The molecule has 0 heterocycles. The number of alkyl halides is 1. The second-order valence-corrected chi connectivity index (χ2v) is 7.04. The molecule has 0 N–H and O–H groups in total. The van der Waals surface area contributed by atoms with E-state index in [2.05, 4.69) is 31.7 Å². The average Bonchev–Trinajstić information content (AvgIpc) is 2.03. The molecule has 0 saturated heterocycles. The summed E-state index contributed by atoms with van der Waals surface area (Å²) < 4.78 is 0. The predicted octanol–water partition coefficient (Wildman–Crippen LogP) is 2.53. The Morgan fingerprint density at radius 3 is 2.58 bits per heavy atom. The van der Waals surface area contributed by atoms with Crippen molar-refractivity contribution in [2.24, 2.45) is 0 Å². The van der Waals surface area contributed by atoms with Gasteiger partial charge in [0.25, 0.3) is 0 Å². The Kier molecular flexibility index (Phi) is 3.63. The fourth-order valence-corrected chi connectivity index (χ4v) is 3.30. The molecule has 0 fully saturated rings. The number of benzene rings is 1. The van der Waals surface area contributed by atoms with E-state index >= 15 is 0 Å². The molecule has 3 heteroatoms. The smallest absolute Gasteiger partial charge is 0.166 e. The molecule has 0 spiro atoms. The van der Waals surface area contributed by atoms with E-state index in [1.165, 1.54) is 16.3 Å². The highest BCUT2D eigenvalue weighted by atomic mass is 35.6. The second kappa shape index (κ2) is 4.31. The van der Waals surface area contributed by atoms with Crippen molar-refractivity contribution in [3.05, 3.63) is 29.3 Å². The molecule has 1 aromatic carbocycles. The Hall–Kier alpha value is 0.0169. The van der Waals surface area contributed by atoms with Gasteiger partial charge in [-0.15, -0.1) is 11.6 Å². The third kappa shape index (κ3) is 2.25. The van der Waals surface area contributed by atoms with Crippen molar-refractivity contribution >= 4 is 36.0 Å². The fourth-order valence-electron chi connectivity index (χ4n) is 1.24. The zero-order valence-electron chi connectivity index (χ0n) is 7.27. The largest absolute Gasteiger partial charge is 0.168 e. The molecular formula is C9H12Cl2Si. The highest BCUT2D eigenvalue weighted by Gasteiger charge is 2.08. The van der Waals surface area contributed by atoms with Crippen molar-refractivity contribution in [2.75, 3.05) is 0 Å². The molecule has 0 nitrogen and oxygen atoms in total. The van der Waals surface area contributed by atoms with Crippen LogP contribution in [0.25, 0.3) is 0 Å². The van der Waals surface area contributed by atoms with Gasteiger partial charge < -0.3 is 0 Å². The van der Waals surface area contributed by atoms with E-state index in [0.29, 0.717) is 5.88 Å². The summed E-state index contributed by atoms with van der Waals surface area (Å²) in [6, 6.07) is 6.32. The molecule has 0 aliphatic carbocycles. The van der Waals surface area contributed by atoms with Gasteiger partial charge in [-0.3, -0.25) is 0 Å². The molecule has 12 heavy (non-hydrogen) atoms. The summed E-state index contributed by atoms with van der Waals surface area (Å²) in [7, 11) is -1.22. The number of hydrogen-bond acceptors (Lipinski definition) is 0. The molecule has 0 radical (unpaired) electrons. The Balaban J connectivity index is 3.11. The number of halogens is 2. The first kappa shape index (κ1) is 10.1. The van der Waals surface area contributed by atoms with Gasteiger partial charge in [0.2, 0.25) is 0 Å². The van der Waals surface area contributed by atoms with E-state index in [1.54, 1.807) is 0 Å². The monoisotopic (exact) mass is 218 g/mol. The minimum Gasteiger partial charge on any atom is -0.166 e. The van der Waals surface area contributed by atoms with E-state index in [1.807, 2.05) is 0 Å². The highest BCUT2D eigenvalue weighted by molar-refractivity contribution is 7.13. The minimum absolute atomic E-state index is 0.571. The van der Waals surface area contributed by atoms with Gasteiger partial charge >= 0.3 is 0 Å². The summed E-state index contributed by atoms with van der Waals surface area (Å²) in [5, 5.41) is 1.28. The summed E-state index contributed by atoms with van der Waals surface area (Å²) in [6.07, 6.45) is 0. The molecular weight excluding hydrogens is 207 g/mol. The van der Waals surface area contributed by atoms with Gasteiger partial charge in [0.15, 0.2) is 8.11 Å². The van der Waals surface area contributed by atoms with Crippen LogP contribution >= 0.6 is 22.7 Å². The lowest BCUT2D eigenvalue weighted by Crippen LogP contribution is -2.24. The van der Waals surface area contributed by atoms with Gasteiger partial charge in [-0.1, -0.05) is 30.3 Å². The van der Waals surface area contributed by atoms with Gasteiger partial charge in [0.1, 0.15) is 0 Å². The molecule has 0 bridgehead atoms. The van der Waals surface area contributed by atoms with Crippen LogP contribution in [0.1, 0.15) is 11.1 Å². The molecule has 1 rings (SSSR count). The first-order valence-corrected chi connectivity index (χ1v) is 7.96. The van der Waals surface area contributed by atoms with Crippen LogP contribution in [0.3, 0.4) is 0 Å². The normalized spacial score (nSPS) is 13.0. The fraction of sp³-hybridized carbons (Fsp3) is 0.333. The third-order valence-corrected chi connectivity index (χ3v) is 4.28. The van der Waals surface area contributed by atoms with Crippen molar-refractivity contribution in [3.63, 3.8) is 0 Å². The lowest BCUT2D eigenvalue weighted by atomic mass is 10.2. The molecule has 1 unspecified atom stereocenters. The first-order valence-electron chi connectivity index (χ1n) is 3.94. The van der Waals surface area contributed by atoms with Gasteiger partial charge in [-0.2, -0.15) is 11.1 Å². The van der Waals surface area contributed by atoms with Crippen molar-refractivity contribution in [1.82, 2.24) is 0 Å². The quantitative estimate of drug-likeness (QED) is 0.407. The van der Waals surface area contributed by atoms with Crippen LogP contribution in [0.2, 0.25) is 6.55 Å². The molecule has 0 aromatic heterocycles. The summed E-state index contributed by atoms with van der Waals surface area (Å²) in [6.45, 7) is 4.17. The van der Waals surface area contributed by atoms with E-state index in [4.69, 9.17) is 22.7 Å². The Bertz CT molecular complexity index is 271. The third-order valence-electron chi connectivity index (χ3n) is 1.87. The summed E-state index contributed by atoms with van der Waals surface area (Å²) in [5.41, 5.74) is 2.45. The van der Waals surface area contributed by atoms with Crippen molar-refractivity contribution in [3.8, 4) is 0 Å². The number of aryl methyl sites for hydroxylation is 1. The van der Waals surface area contributed by atoms with Gasteiger partial charge in [-0.25, -0.2) is 0 Å². The zero-order chi connectivity index (χ0) is 9.14. The standard InChI is InChI=1S/C9H12Cl2Si/c1-7-3-4-9(12(2)11)8(5-7)6-10/h3-5,12H,6H2,1-2H3. The van der Waals surface area contributed by atoms with Crippen molar-refractivity contribution in [1.29, 1.82) is 0 Å². The highest BCUT2D eigenvalue weighted by Crippen LogP contribution is 2.07. The Labute approximate surface area is 84.8 Å². The molecule has 0 aliphatic heterocycles. The van der Waals surface area contributed by atoms with E-state index < -0.39 is 8.11 Å². The number of rotatable bonds is 2. The SMILES string of the molecule is Cc1ccc([SiH](C)Cl)c(CCl)c1. The topological polar surface area (TPSA) is 0 Å². The van der Waals surface area contributed by atoms with Gasteiger partial charge in [0, 0.05) is 5.88 Å². The lowest BCUT2D eigenvalue weighted by molar-refractivity contribution is 1.37. The van der Waals surface area contributed by atoms with E-state index in [-0.39, 0.29) is 0 Å². The summed E-state index contributed by atoms with van der Waals surface area (Å²) >= 11 is 11.9. The van der Waals surface area contributed by atoms with Crippen LogP contribution in [0, 0.1) is 6.92 Å². The molecule has 66 valence electrons.